The first-order chi connectivity index (χ1) is 17.1. The van der Waals surface area contributed by atoms with E-state index in [1.54, 1.807) is 11.0 Å². The van der Waals surface area contributed by atoms with Crippen LogP contribution in [0.3, 0.4) is 0 Å². The zero-order chi connectivity index (χ0) is 24.2. The Hall–Kier alpha value is -3.73. The number of rotatable bonds is 5. The molecule has 1 aliphatic carbocycles. The molecule has 0 aromatic heterocycles. The lowest BCUT2D eigenvalue weighted by molar-refractivity contribution is -0.125. The Bertz CT molecular complexity index is 1220. The van der Waals surface area contributed by atoms with E-state index in [2.05, 4.69) is 5.32 Å². The molecular formula is C30H31N3O2. The van der Waals surface area contributed by atoms with Gasteiger partial charge in [0.2, 0.25) is 5.91 Å². The molecule has 2 atom stereocenters. The first-order valence-electron chi connectivity index (χ1n) is 12.5. The molecule has 1 saturated carbocycles. The fourth-order valence-corrected chi connectivity index (χ4v) is 5.23. The zero-order valence-electron chi connectivity index (χ0n) is 20.1. The predicted molar refractivity (Wildman–Crippen MR) is 139 cm³/mol. The van der Waals surface area contributed by atoms with Gasteiger partial charge in [0, 0.05) is 6.04 Å². The number of carbonyl (C=O) groups is 2. The molecule has 5 nitrogen and oxygen atoms in total. The molecule has 0 bridgehead atoms. The van der Waals surface area contributed by atoms with Crippen molar-refractivity contribution in [3.63, 3.8) is 0 Å². The first kappa shape index (κ1) is 23.0. The van der Waals surface area contributed by atoms with Crippen molar-refractivity contribution >= 4 is 23.2 Å². The number of nitrogens with zero attached hydrogens (tertiary/aromatic N) is 2. The average Bonchev–Trinajstić information content (AvgIpc) is 3.04. The van der Waals surface area contributed by atoms with Gasteiger partial charge < -0.3 is 10.2 Å². The molecule has 35 heavy (non-hydrogen) atoms. The van der Waals surface area contributed by atoms with Gasteiger partial charge in [0.25, 0.3) is 5.91 Å². The van der Waals surface area contributed by atoms with Gasteiger partial charge in [-0.1, -0.05) is 92.1 Å². The predicted octanol–water partition coefficient (Wildman–Crippen LogP) is 5.84. The Morgan fingerprint density at radius 1 is 0.886 bits per heavy atom. The number of fused-ring (bicyclic) bond motifs is 1. The lowest BCUT2D eigenvalue weighted by Gasteiger charge is -2.37. The van der Waals surface area contributed by atoms with Gasteiger partial charge in [-0.05, 0) is 43.0 Å². The highest BCUT2D eigenvalue weighted by Crippen LogP contribution is 2.34. The smallest absolute Gasteiger partial charge is 0.257 e. The second-order valence-corrected chi connectivity index (χ2v) is 9.43. The van der Waals surface area contributed by atoms with Crippen molar-refractivity contribution in [3.8, 4) is 0 Å². The van der Waals surface area contributed by atoms with Crippen LogP contribution in [0.15, 0.2) is 89.9 Å². The topological polar surface area (TPSA) is 61.8 Å². The molecule has 1 aliphatic heterocycles. The molecule has 0 saturated heterocycles. The van der Waals surface area contributed by atoms with Crippen molar-refractivity contribution in [3.05, 3.63) is 102 Å². The summed E-state index contributed by atoms with van der Waals surface area (Å²) in [6, 6.07) is 26.0. The lowest BCUT2D eigenvalue weighted by atomic mass is 9.93. The number of amides is 2. The van der Waals surface area contributed by atoms with Gasteiger partial charge in [-0.25, -0.2) is 4.99 Å². The highest BCUT2D eigenvalue weighted by Gasteiger charge is 2.41. The van der Waals surface area contributed by atoms with Gasteiger partial charge in [0.05, 0.1) is 23.0 Å². The van der Waals surface area contributed by atoms with Crippen molar-refractivity contribution in [2.45, 2.75) is 57.2 Å². The summed E-state index contributed by atoms with van der Waals surface area (Å²) >= 11 is 0. The summed E-state index contributed by atoms with van der Waals surface area (Å²) in [5.41, 5.74) is 3.51. The van der Waals surface area contributed by atoms with Crippen LogP contribution in [0.2, 0.25) is 0 Å². The van der Waals surface area contributed by atoms with E-state index in [0.29, 0.717) is 17.0 Å². The van der Waals surface area contributed by atoms with Gasteiger partial charge >= 0.3 is 0 Å². The molecule has 1 heterocycles. The number of nitrogens with one attached hydrogen (secondary N) is 1. The maximum atomic E-state index is 14.1. The standard InChI is InChI=1S/C30H31N3O2/c1-21(22-13-5-2-6-14-22)33-28(29(34)31-24-17-9-4-10-18-24)27(23-15-7-3-8-16-23)32-26-20-12-11-19-25(26)30(33)35/h2-3,5-8,11-16,19-21,24,28H,4,9-10,17-18H2,1H3,(H,31,34)/t21-,28+/m0/s1. The average molecular weight is 466 g/mol. The molecule has 0 radical (unpaired) electrons. The van der Waals surface area contributed by atoms with Crippen molar-refractivity contribution in [2.75, 3.05) is 0 Å². The molecule has 5 heteroatoms. The van der Waals surface area contributed by atoms with Crippen molar-refractivity contribution in [1.82, 2.24) is 10.2 Å². The third kappa shape index (κ3) is 4.76. The number of para-hydroxylation sites is 1. The third-order valence-electron chi connectivity index (χ3n) is 7.12. The molecular weight excluding hydrogens is 434 g/mol. The summed E-state index contributed by atoms with van der Waals surface area (Å²) in [7, 11) is 0. The van der Waals surface area contributed by atoms with E-state index in [-0.39, 0.29) is 23.9 Å². The van der Waals surface area contributed by atoms with E-state index in [4.69, 9.17) is 4.99 Å². The number of benzene rings is 3. The molecule has 5 rings (SSSR count). The minimum absolute atomic E-state index is 0.128. The first-order valence-corrected chi connectivity index (χ1v) is 12.5. The van der Waals surface area contributed by atoms with Crippen LogP contribution in [0.25, 0.3) is 0 Å². The Kier molecular flexibility index (Phi) is 6.75. The molecule has 178 valence electrons. The van der Waals surface area contributed by atoms with E-state index < -0.39 is 6.04 Å². The van der Waals surface area contributed by atoms with Crippen molar-refractivity contribution < 1.29 is 9.59 Å². The summed E-state index contributed by atoms with van der Waals surface area (Å²) in [6.07, 6.45) is 5.38. The normalized spacial score (nSPS) is 19.3. The summed E-state index contributed by atoms with van der Waals surface area (Å²) in [5.74, 6) is -0.348. The largest absolute Gasteiger partial charge is 0.351 e. The van der Waals surface area contributed by atoms with E-state index >= 15 is 0 Å². The second-order valence-electron chi connectivity index (χ2n) is 9.43. The molecule has 1 N–H and O–H groups in total. The molecule has 2 aliphatic rings. The third-order valence-corrected chi connectivity index (χ3v) is 7.12. The number of carbonyl (C=O) groups excluding carboxylic acids is 2. The van der Waals surface area contributed by atoms with Gasteiger partial charge in [0.1, 0.15) is 0 Å². The Morgan fingerprint density at radius 2 is 1.51 bits per heavy atom. The summed E-state index contributed by atoms with van der Waals surface area (Å²) < 4.78 is 0. The highest BCUT2D eigenvalue weighted by molar-refractivity contribution is 6.21. The van der Waals surface area contributed by atoms with Crippen molar-refractivity contribution in [1.29, 1.82) is 0 Å². The van der Waals surface area contributed by atoms with E-state index in [1.807, 2.05) is 85.8 Å². The van der Waals surface area contributed by atoms with Crippen molar-refractivity contribution in [2.24, 2.45) is 4.99 Å². The van der Waals surface area contributed by atoms with Crippen LogP contribution >= 0.6 is 0 Å². The van der Waals surface area contributed by atoms with E-state index in [0.717, 1.165) is 36.8 Å². The summed E-state index contributed by atoms with van der Waals surface area (Å²) in [6.45, 7) is 1.99. The molecule has 3 aromatic rings. The quantitative estimate of drug-likeness (QED) is 0.514. The fourth-order valence-electron chi connectivity index (χ4n) is 5.23. The molecule has 1 fully saturated rings. The maximum Gasteiger partial charge on any atom is 0.257 e. The van der Waals surface area contributed by atoms with Crippen LogP contribution in [-0.4, -0.2) is 34.5 Å². The lowest BCUT2D eigenvalue weighted by Crippen LogP contribution is -2.56. The molecule has 0 spiro atoms. The number of aliphatic imine (C=N–C) groups is 1. The van der Waals surface area contributed by atoms with Crippen LogP contribution in [-0.2, 0) is 4.79 Å². The van der Waals surface area contributed by atoms with Gasteiger partial charge in [0.15, 0.2) is 6.04 Å². The maximum absolute atomic E-state index is 14.1. The van der Waals surface area contributed by atoms with Crippen LogP contribution in [0, 0.1) is 0 Å². The van der Waals surface area contributed by atoms with Gasteiger partial charge in [-0.15, -0.1) is 0 Å². The van der Waals surface area contributed by atoms with E-state index in [9.17, 15) is 9.59 Å². The van der Waals surface area contributed by atoms with Gasteiger partial charge in [-0.2, -0.15) is 0 Å². The number of hydrogen-bond donors (Lipinski definition) is 1. The van der Waals surface area contributed by atoms with E-state index in [1.165, 1.54) is 6.42 Å². The number of hydrogen-bond acceptors (Lipinski definition) is 3. The highest BCUT2D eigenvalue weighted by atomic mass is 16.2. The Morgan fingerprint density at radius 3 is 2.23 bits per heavy atom. The SMILES string of the molecule is C[C@@H](c1ccccc1)N1C(=O)c2ccccc2N=C(c2ccccc2)[C@@H]1C(=O)NC1CCCCC1. The monoisotopic (exact) mass is 465 g/mol. The van der Waals surface area contributed by atoms with Crippen LogP contribution < -0.4 is 5.32 Å². The Balaban J connectivity index is 1.66. The second kappa shape index (κ2) is 10.3. The van der Waals surface area contributed by atoms with Crippen LogP contribution in [0.4, 0.5) is 5.69 Å². The Labute approximate surface area is 206 Å². The summed E-state index contributed by atoms with van der Waals surface area (Å²) in [4.78, 5) is 34.9. The minimum Gasteiger partial charge on any atom is -0.351 e. The fraction of sp³-hybridized carbons (Fsp3) is 0.300. The van der Waals surface area contributed by atoms with Crippen LogP contribution in [0.1, 0.15) is 66.6 Å². The van der Waals surface area contributed by atoms with Gasteiger partial charge in [-0.3, -0.25) is 9.59 Å². The molecule has 2 amide bonds. The molecule has 3 aromatic carbocycles. The zero-order valence-corrected chi connectivity index (χ0v) is 20.1. The molecule has 0 unspecified atom stereocenters. The minimum atomic E-state index is -0.852. The summed E-state index contributed by atoms with van der Waals surface area (Å²) in [5, 5.41) is 3.29. The van der Waals surface area contributed by atoms with Crippen LogP contribution in [0.5, 0.6) is 0 Å².